The van der Waals surface area contributed by atoms with Gasteiger partial charge in [-0.15, -0.1) is 6.58 Å². The van der Waals surface area contributed by atoms with Gasteiger partial charge < -0.3 is 10.6 Å². The van der Waals surface area contributed by atoms with Crippen LogP contribution < -0.4 is 10.6 Å². The zero-order chi connectivity index (χ0) is 13.7. The number of hydrogen-bond acceptors (Lipinski definition) is 4. The lowest BCUT2D eigenvalue weighted by Crippen LogP contribution is -2.05. The van der Waals surface area contributed by atoms with Crippen LogP contribution in [-0.4, -0.2) is 16.5 Å². The summed E-state index contributed by atoms with van der Waals surface area (Å²) in [5.41, 5.74) is 1.47. The zero-order valence-electron chi connectivity index (χ0n) is 10.7. The normalized spacial score (nSPS) is 10.0. The molecule has 2 aromatic rings. The second-order valence-electron chi connectivity index (χ2n) is 4.02. The molecule has 0 amide bonds. The molecular weight excluding hydrogens is 243 g/mol. The van der Waals surface area contributed by atoms with E-state index in [1.807, 2.05) is 6.92 Å². The van der Waals surface area contributed by atoms with E-state index < -0.39 is 0 Å². The number of nitrogens with zero attached hydrogens (tertiary/aromatic N) is 2. The Morgan fingerprint density at radius 2 is 2.16 bits per heavy atom. The Morgan fingerprint density at radius 3 is 2.89 bits per heavy atom. The smallest absolute Gasteiger partial charge is 0.225 e. The molecular formula is C14H15FN4. The standard InChI is InChI=1S/C14H15FN4/c1-3-7-16-14-17-10(2)8-13(19-14)18-12-6-4-5-11(15)9-12/h3-6,8-9H,1,7H2,2H3,(H2,16,17,18,19). The molecule has 5 heteroatoms. The summed E-state index contributed by atoms with van der Waals surface area (Å²) in [5, 5.41) is 6.06. The summed E-state index contributed by atoms with van der Waals surface area (Å²) < 4.78 is 13.1. The molecule has 19 heavy (non-hydrogen) atoms. The largest absolute Gasteiger partial charge is 0.351 e. The molecule has 0 aliphatic rings. The van der Waals surface area contributed by atoms with Crippen LogP contribution in [0.3, 0.4) is 0 Å². The minimum atomic E-state index is -0.291. The Kier molecular flexibility index (Phi) is 4.07. The van der Waals surface area contributed by atoms with Crippen LogP contribution in [0.4, 0.5) is 21.8 Å². The Labute approximate surface area is 111 Å². The third-order valence-corrected chi connectivity index (χ3v) is 2.36. The van der Waals surface area contributed by atoms with Crippen LogP contribution in [0, 0.1) is 12.7 Å². The monoisotopic (exact) mass is 258 g/mol. The van der Waals surface area contributed by atoms with Crippen molar-refractivity contribution in [3.05, 3.63) is 54.5 Å². The first kappa shape index (κ1) is 13.0. The second kappa shape index (κ2) is 5.95. The number of rotatable bonds is 5. The Hall–Kier alpha value is -2.43. The van der Waals surface area contributed by atoms with E-state index in [0.717, 1.165) is 5.69 Å². The molecule has 2 rings (SSSR count). The fraction of sp³-hybridized carbons (Fsp3) is 0.143. The maximum Gasteiger partial charge on any atom is 0.225 e. The number of benzene rings is 1. The summed E-state index contributed by atoms with van der Waals surface area (Å²) in [4.78, 5) is 8.54. The lowest BCUT2D eigenvalue weighted by Gasteiger charge is -2.09. The number of aryl methyl sites for hydroxylation is 1. The molecule has 0 unspecified atom stereocenters. The summed E-state index contributed by atoms with van der Waals surface area (Å²) in [6.07, 6.45) is 1.73. The second-order valence-corrected chi connectivity index (χ2v) is 4.02. The third-order valence-electron chi connectivity index (χ3n) is 2.36. The molecule has 0 bridgehead atoms. The predicted octanol–water partition coefficient (Wildman–Crippen LogP) is 3.27. The van der Waals surface area contributed by atoms with E-state index in [4.69, 9.17) is 0 Å². The molecule has 0 atom stereocenters. The Balaban J connectivity index is 2.19. The van der Waals surface area contributed by atoms with Crippen molar-refractivity contribution in [2.24, 2.45) is 0 Å². The number of hydrogen-bond donors (Lipinski definition) is 2. The van der Waals surface area contributed by atoms with Gasteiger partial charge in [0, 0.05) is 24.0 Å². The summed E-state index contributed by atoms with van der Waals surface area (Å²) in [7, 11) is 0. The van der Waals surface area contributed by atoms with Gasteiger partial charge in [0.2, 0.25) is 5.95 Å². The highest BCUT2D eigenvalue weighted by molar-refractivity contribution is 5.57. The fourth-order valence-electron chi connectivity index (χ4n) is 1.59. The SMILES string of the molecule is C=CCNc1nc(C)cc(Nc2cccc(F)c2)n1. The Morgan fingerprint density at radius 1 is 1.32 bits per heavy atom. The highest BCUT2D eigenvalue weighted by Gasteiger charge is 2.02. The molecule has 0 radical (unpaired) electrons. The first-order chi connectivity index (χ1) is 9.17. The van der Waals surface area contributed by atoms with Crippen LogP contribution >= 0.6 is 0 Å². The maximum absolute atomic E-state index is 13.1. The number of anilines is 3. The minimum Gasteiger partial charge on any atom is -0.351 e. The van der Waals surface area contributed by atoms with E-state index in [9.17, 15) is 4.39 Å². The molecule has 1 aromatic carbocycles. The number of halogens is 1. The van der Waals surface area contributed by atoms with Gasteiger partial charge in [-0.3, -0.25) is 0 Å². The number of nitrogens with one attached hydrogen (secondary N) is 2. The topological polar surface area (TPSA) is 49.8 Å². The van der Waals surface area contributed by atoms with Gasteiger partial charge >= 0.3 is 0 Å². The maximum atomic E-state index is 13.1. The van der Waals surface area contributed by atoms with Crippen molar-refractivity contribution in [1.82, 2.24) is 9.97 Å². The Bertz CT molecular complexity index is 583. The first-order valence-corrected chi connectivity index (χ1v) is 5.90. The van der Waals surface area contributed by atoms with E-state index in [1.165, 1.54) is 12.1 Å². The van der Waals surface area contributed by atoms with E-state index in [2.05, 4.69) is 27.2 Å². The minimum absolute atomic E-state index is 0.291. The van der Waals surface area contributed by atoms with Gasteiger partial charge in [-0.2, -0.15) is 4.98 Å². The fourth-order valence-corrected chi connectivity index (χ4v) is 1.59. The van der Waals surface area contributed by atoms with E-state index >= 15 is 0 Å². The molecule has 1 heterocycles. The van der Waals surface area contributed by atoms with Crippen molar-refractivity contribution in [1.29, 1.82) is 0 Å². The van der Waals surface area contributed by atoms with Gasteiger partial charge in [-0.1, -0.05) is 12.1 Å². The van der Waals surface area contributed by atoms with Crippen LogP contribution in [0.2, 0.25) is 0 Å². The predicted molar refractivity (Wildman–Crippen MR) is 75.1 cm³/mol. The molecule has 4 nitrogen and oxygen atoms in total. The van der Waals surface area contributed by atoms with Gasteiger partial charge in [-0.25, -0.2) is 9.37 Å². The molecule has 0 fully saturated rings. The van der Waals surface area contributed by atoms with E-state index in [0.29, 0.717) is 24.0 Å². The third kappa shape index (κ3) is 3.77. The van der Waals surface area contributed by atoms with Crippen molar-refractivity contribution < 1.29 is 4.39 Å². The quantitative estimate of drug-likeness (QED) is 0.808. The lowest BCUT2D eigenvalue weighted by molar-refractivity contribution is 0.628. The molecule has 0 spiro atoms. The highest BCUT2D eigenvalue weighted by Crippen LogP contribution is 2.17. The van der Waals surface area contributed by atoms with Crippen LogP contribution in [0.15, 0.2) is 43.0 Å². The molecule has 0 aliphatic carbocycles. The lowest BCUT2D eigenvalue weighted by atomic mass is 10.3. The van der Waals surface area contributed by atoms with Crippen LogP contribution in [0.5, 0.6) is 0 Å². The molecule has 0 saturated heterocycles. The van der Waals surface area contributed by atoms with Gasteiger partial charge in [-0.05, 0) is 25.1 Å². The average molecular weight is 258 g/mol. The van der Waals surface area contributed by atoms with Gasteiger partial charge in [0.15, 0.2) is 0 Å². The zero-order valence-corrected chi connectivity index (χ0v) is 10.7. The van der Waals surface area contributed by atoms with Crippen molar-refractivity contribution in [3.8, 4) is 0 Å². The van der Waals surface area contributed by atoms with E-state index in [-0.39, 0.29) is 5.82 Å². The van der Waals surface area contributed by atoms with Gasteiger partial charge in [0.05, 0.1) is 0 Å². The van der Waals surface area contributed by atoms with Gasteiger partial charge in [0.25, 0.3) is 0 Å². The molecule has 98 valence electrons. The number of aromatic nitrogens is 2. The van der Waals surface area contributed by atoms with Crippen molar-refractivity contribution in [3.63, 3.8) is 0 Å². The van der Waals surface area contributed by atoms with Crippen molar-refractivity contribution in [2.75, 3.05) is 17.2 Å². The van der Waals surface area contributed by atoms with E-state index in [1.54, 1.807) is 24.3 Å². The summed E-state index contributed by atoms with van der Waals surface area (Å²) >= 11 is 0. The van der Waals surface area contributed by atoms with Gasteiger partial charge in [0.1, 0.15) is 11.6 Å². The molecule has 2 N–H and O–H groups in total. The van der Waals surface area contributed by atoms with Crippen molar-refractivity contribution >= 4 is 17.5 Å². The van der Waals surface area contributed by atoms with Crippen molar-refractivity contribution in [2.45, 2.75) is 6.92 Å². The van der Waals surface area contributed by atoms with Crippen LogP contribution in [-0.2, 0) is 0 Å². The molecule has 0 aliphatic heterocycles. The molecule has 0 saturated carbocycles. The average Bonchev–Trinajstić information content (AvgIpc) is 2.35. The first-order valence-electron chi connectivity index (χ1n) is 5.90. The highest BCUT2D eigenvalue weighted by atomic mass is 19.1. The molecule has 1 aromatic heterocycles. The van der Waals surface area contributed by atoms with Crippen LogP contribution in [0.25, 0.3) is 0 Å². The van der Waals surface area contributed by atoms with Crippen LogP contribution in [0.1, 0.15) is 5.69 Å². The summed E-state index contributed by atoms with van der Waals surface area (Å²) in [6, 6.07) is 8.02. The summed E-state index contributed by atoms with van der Waals surface area (Å²) in [5.74, 6) is 0.837. The summed E-state index contributed by atoms with van der Waals surface area (Å²) in [6.45, 7) is 6.08.